The fraction of sp³-hybridized carbons (Fsp3) is 0.636. The normalized spacial score (nSPS) is 25.9. The molecule has 16 heavy (non-hydrogen) atoms. The van der Waals surface area contributed by atoms with E-state index in [4.69, 9.17) is 0 Å². The van der Waals surface area contributed by atoms with Gasteiger partial charge in [0.2, 0.25) is 0 Å². The van der Waals surface area contributed by atoms with Gasteiger partial charge in [-0.25, -0.2) is 8.42 Å². The molecule has 1 aliphatic carbocycles. The summed E-state index contributed by atoms with van der Waals surface area (Å²) in [5, 5.41) is 7.29. The summed E-state index contributed by atoms with van der Waals surface area (Å²) in [5.74, 6) is 0. The SMILES string of the molecule is Cc1cscc1NC1CCCC1S(C)(=O)=O. The van der Waals surface area contributed by atoms with Gasteiger partial charge in [0.25, 0.3) is 0 Å². The third-order valence-electron chi connectivity index (χ3n) is 3.20. The van der Waals surface area contributed by atoms with E-state index in [0.717, 1.165) is 24.9 Å². The van der Waals surface area contributed by atoms with Crippen LogP contribution in [-0.2, 0) is 9.84 Å². The second-order valence-electron chi connectivity index (χ2n) is 4.52. The third-order valence-corrected chi connectivity index (χ3v) is 5.72. The molecule has 0 amide bonds. The van der Waals surface area contributed by atoms with Crippen molar-refractivity contribution in [3.05, 3.63) is 16.3 Å². The molecule has 2 unspecified atom stereocenters. The van der Waals surface area contributed by atoms with E-state index in [1.807, 2.05) is 12.3 Å². The quantitative estimate of drug-likeness (QED) is 0.907. The maximum absolute atomic E-state index is 11.6. The highest BCUT2D eigenvalue weighted by atomic mass is 32.2. The molecule has 0 saturated heterocycles. The standard InChI is InChI=1S/C11H17NO2S2/c1-8-6-15-7-10(8)12-9-4-3-5-11(9)16(2,13)14/h6-7,9,11-12H,3-5H2,1-2H3. The fourth-order valence-electron chi connectivity index (χ4n) is 2.31. The number of hydrogen-bond donors (Lipinski definition) is 1. The summed E-state index contributed by atoms with van der Waals surface area (Å²) in [6.45, 7) is 2.04. The summed E-state index contributed by atoms with van der Waals surface area (Å²) in [5.41, 5.74) is 2.29. The minimum atomic E-state index is -2.93. The number of aryl methyl sites for hydroxylation is 1. The first-order valence-electron chi connectivity index (χ1n) is 5.46. The number of sulfone groups is 1. The van der Waals surface area contributed by atoms with E-state index in [9.17, 15) is 8.42 Å². The van der Waals surface area contributed by atoms with E-state index in [0.29, 0.717) is 0 Å². The molecule has 1 aromatic heterocycles. The average Bonchev–Trinajstić information content (AvgIpc) is 2.76. The van der Waals surface area contributed by atoms with Crippen molar-refractivity contribution in [1.29, 1.82) is 0 Å². The highest BCUT2D eigenvalue weighted by Crippen LogP contribution is 2.30. The van der Waals surface area contributed by atoms with Gasteiger partial charge in [0.05, 0.1) is 5.25 Å². The van der Waals surface area contributed by atoms with Gasteiger partial charge < -0.3 is 5.32 Å². The van der Waals surface area contributed by atoms with Crippen molar-refractivity contribution >= 4 is 26.9 Å². The van der Waals surface area contributed by atoms with Crippen LogP contribution in [0.4, 0.5) is 5.69 Å². The Morgan fingerprint density at radius 1 is 1.38 bits per heavy atom. The number of thiophene rings is 1. The summed E-state index contributed by atoms with van der Waals surface area (Å²) >= 11 is 1.65. The Morgan fingerprint density at radius 3 is 2.69 bits per heavy atom. The van der Waals surface area contributed by atoms with Crippen LogP contribution in [0.25, 0.3) is 0 Å². The van der Waals surface area contributed by atoms with Gasteiger partial charge in [0.1, 0.15) is 0 Å². The molecule has 1 N–H and O–H groups in total. The molecule has 5 heteroatoms. The van der Waals surface area contributed by atoms with Crippen molar-refractivity contribution in [2.45, 2.75) is 37.5 Å². The van der Waals surface area contributed by atoms with Gasteiger partial charge in [-0.2, -0.15) is 0 Å². The lowest BCUT2D eigenvalue weighted by molar-refractivity contribution is 0.579. The zero-order valence-corrected chi connectivity index (χ0v) is 11.2. The zero-order chi connectivity index (χ0) is 11.8. The molecule has 1 fully saturated rings. The van der Waals surface area contributed by atoms with Crippen LogP contribution in [-0.4, -0.2) is 26.0 Å². The Labute approximate surface area is 101 Å². The molecule has 1 heterocycles. The van der Waals surface area contributed by atoms with Gasteiger partial charge in [-0.05, 0) is 37.1 Å². The molecular weight excluding hydrogens is 242 g/mol. The van der Waals surface area contributed by atoms with Crippen LogP contribution in [0.3, 0.4) is 0 Å². The topological polar surface area (TPSA) is 46.2 Å². The largest absolute Gasteiger partial charge is 0.380 e. The second-order valence-corrected chi connectivity index (χ2v) is 7.53. The van der Waals surface area contributed by atoms with E-state index in [1.165, 1.54) is 11.8 Å². The minimum Gasteiger partial charge on any atom is -0.380 e. The predicted octanol–water partition coefficient (Wildman–Crippen LogP) is 2.43. The van der Waals surface area contributed by atoms with Crippen LogP contribution in [0.2, 0.25) is 0 Å². The lowest BCUT2D eigenvalue weighted by atomic mass is 10.2. The smallest absolute Gasteiger partial charge is 0.152 e. The van der Waals surface area contributed by atoms with E-state index in [2.05, 4.69) is 10.7 Å². The van der Waals surface area contributed by atoms with Gasteiger partial charge in [0.15, 0.2) is 9.84 Å². The van der Waals surface area contributed by atoms with Gasteiger partial charge in [-0.1, -0.05) is 0 Å². The van der Waals surface area contributed by atoms with Gasteiger partial charge in [0, 0.05) is 23.4 Å². The van der Waals surface area contributed by atoms with Crippen molar-refractivity contribution < 1.29 is 8.42 Å². The molecule has 1 aliphatic rings. The minimum absolute atomic E-state index is 0.0864. The average molecular weight is 259 g/mol. The summed E-state index contributed by atoms with van der Waals surface area (Å²) < 4.78 is 23.2. The van der Waals surface area contributed by atoms with Gasteiger partial charge in [-0.15, -0.1) is 11.3 Å². The van der Waals surface area contributed by atoms with Crippen LogP contribution in [0.5, 0.6) is 0 Å². The van der Waals surface area contributed by atoms with Crippen molar-refractivity contribution in [1.82, 2.24) is 0 Å². The van der Waals surface area contributed by atoms with Crippen LogP contribution < -0.4 is 5.32 Å². The molecule has 0 spiro atoms. The number of anilines is 1. The summed E-state index contributed by atoms with van der Waals surface area (Å²) in [4.78, 5) is 0. The molecule has 90 valence electrons. The lowest BCUT2D eigenvalue weighted by Gasteiger charge is -2.20. The Kier molecular flexibility index (Phi) is 3.26. The molecular formula is C11H17NO2S2. The second kappa shape index (κ2) is 4.37. The first-order chi connectivity index (χ1) is 7.48. The molecule has 0 aromatic carbocycles. The first kappa shape index (κ1) is 11.9. The Morgan fingerprint density at radius 2 is 2.12 bits per heavy atom. The maximum Gasteiger partial charge on any atom is 0.152 e. The number of rotatable bonds is 3. The molecule has 2 rings (SSSR count). The highest BCUT2D eigenvalue weighted by Gasteiger charge is 2.34. The van der Waals surface area contributed by atoms with Crippen molar-refractivity contribution in [3.8, 4) is 0 Å². The van der Waals surface area contributed by atoms with E-state index < -0.39 is 9.84 Å². The van der Waals surface area contributed by atoms with E-state index >= 15 is 0 Å². The van der Waals surface area contributed by atoms with Crippen molar-refractivity contribution in [3.63, 3.8) is 0 Å². The lowest BCUT2D eigenvalue weighted by Crippen LogP contribution is -2.34. The monoisotopic (exact) mass is 259 g/mol. The number of nitrogens with one attached hydrogen (secondary N) is 1. The molecule has 0 aliphatic heterocycles. The van der Waals surface area contributed by atoms with Crippen molar-refractivity contribution in [2.75, 3.05) is 11.6 Å². The van der Waals surface area contributed by atoms with Crippen molar-refractivity contribution in [2.24, 2.45) is 0 Å². The first-order valence-corrected chi connectivity index (χ1v) is 8.36. The molecule has 3 nitrogen and oxygen atoms in total. The predicted molar refractivity (Wildman–Crippen MR) is 68.9 cm³/mol. The van der Waals surface area contributed by atoms with E-state index in [1.54, 1.807) is 11.3 Å². The highest BCUT2D eigenvalue weighted by molar-refractivity contribution is 7.91. The van der Waals surface area contributed by atoms with Crippen LogP contribution in [0.1, 0.15) is 24.8 Å². The molecule has 1 aromatic rings. The maximum atomic E-state index is 11.6. The van der Waals surface area contributed by atoms with Gasteiger partial charge >= 0.3 is 0 Å². The summed E-state index contributed by atoms with van der Waals surface area (Å²) in [6, 6.07) is 0.0864. The Bertz CT molecular complexity index is 464. The molecule has 0 radical (unpaired) electrons. The summed E-state index contributed by atoms with van der Waals surface area (Å²) in [6.07, 6.45) is 4.09. The Hall–Kier alpha value is -0.550. The molecule has 1 saturated carbocycles. The molecule has 2 atom stereocenters. The van der Waals surface area contributed by atoms with Crippen LogP contribution in [0, 0.1) is 6.92 Å². The van der Waals surface area contributed by atoms with Crippen LogP contribution >= 0.6 is 11.3 Å². The Balaban J connectivity index is 2.13. The van der Waals surface area contributed by atoms with E-state index in [-0.39, 0.29) is 11.3 Å². The van der Waals surface area contributed by atoms with Gasteiger partial charge in [-0.3, -0.25) is 0 Å². The summed E-state index contributed by atoms with van der Waals surface area (Å²) in [7, 11) is -2.93. The fourth-order valence-corrected chi connectivity index (χ4v) is 4.50. The third kappa shape index (κ3) is 2.40. The molecule has 0 bridgehead atoms. The van der Waals surface area contributed by atoms with Crippen LogP contribution in [0.15, 0.2) is 10.8 Å². The zero-order valence-electron chi connectivity index (χ0n) is 9.56. The number of hydrogen-bond acceptors (Lipinski definition) is 4.